The van der Waals surface area contributed by atoms with Crippen molar-refractivity contribution in [1.82, 2.24) is 10.6 Å². The van der Waals surface area contributed by atoms with E-state index in [2.05, 4.69) is 10.6 Å². The minimum absolute atomic E-state index is 0.0233. The summed E-state index contributed by atoms with van der Waals surface area (Å²) >= 11 is 0. The fraction of sp³-hybridized carbons (Fsp3) is 0.588. The average Bonchev–Trinajstić information content (AvgIpc) is 3.10. The summed E-state index contributed by atoms with van der Waals surface area (Å²) < 4.78 is 5.33. The third kappa shape index (κ3) is 3.05. The number of amides is 1. The Morgan fingerprint density at radius 3 is 3.10 bits per heavy atom. The molecule has 3 rings (SSSR count). The Hall–Kier alpha value is -1.55. The van der Waals surface area contributed by atoms with Crippen molar-refractivity contribution in [3.05, 3.63) is 29.8 Å². The Balaban J connectivity index is 1.50. The first-order valence-corrected chi connectivity index (χ1v) is 7.92. The molecule has 1 aliphatic carbocycles. The van der Waals surface area contributed by atoms with Gasteiger partial charge in [-0.15, -0.1) is 0 Å². The predicted molar refractivity (Wildman–Crippen MR) is 82.3 cm³/mol. The first-order chi connectivity index (χ1) is 10.3. The molecule has 2 N–H and O–H groups in total. The summed E-state index contributed by atoms with van der Waals surface area (Å²) in [4.78, 5) is 12.3. The van der Waals surface area contributed by atoms with Gasteiger partial charge >= 0.3 is 0 Å². The van der Waals surface area contributed by atoms with Gasteiger partial charge in [0, 0.05) is 6.54 Å². The molecule has 21 heavy (non-hydrogen) atoms. The molecule has 3 unspecified atom stereocenters. The predicted octanol–water partition coefficient (Wildman–Crippen LogP) is 1.74. The van der Waals surface area contributed by atoms with Gasteiger partial charge in [-0.2, -0.15) is 0 Å². The topological polar surface area (TPSA) is 50.4 Å². The lowest BCUT2D eigenvalue weighted by Crippen LogP contribution is -2.44. The van der Waals surface area contributed by atoms with Crippen molar-refractivity contribution >= 4 is 5.91 Å². The van der Waals surface area contributed by atoms with E-state index in [-0.39, 0.29) is 11.9 Å². The highest BCUT2D eigenvalue weighted by Gasteiger charge is 2.42. The summed E-state index contributed by atoms with van der Waals surface area (Å²) in [5.74, 6) is 2.33. The highest BCUT2D eigenvalue weighted by molar-refractivity contribution is 5.82. The zero-order chi connectivity index (χ0) is 14.7. The van der Waals surface area contributed by atoms with Crippen LogP contribution in [-0.2, 0) is 11.2 Å². The van der Waals surface area contributed by atoms with Gasteiger partial charge in [-0.3, -0.25) is 4.79 Å². The zero-order valence-electron chi connectivity index (χ0n) is 12.6. The first kappa shape index (κ1) is 14.4. The normalized spacial score (nSPS) is 27.4. The van der Waals surface area contributed by atoms with Crippen LogP contribution in [0.5, 0.6) is 5.75 Å². The van der Waals surface area contributed by atoms with Gasteiger partial charge in [0.1, 0.15) is 5.75 Å². The van der Waals surface area contributed by atoms with E-state index in [9.17, 15) is 4.79 Å². The van der Waals surface area contributed by atoms with Crippen LogP contribution in [0.2, 0.25) is 0 Å². The second-order valence-electron chi connectivity index (χ2n) is 6.09. The summed E-state index contributed by atoms with van der Waals surface area (Å²) in [5.41, 5.74) is 1.14. The molecule has 1 saturated carbocycles. The largest absolute Gasteiger partial charge is 0.496 e. The van der Waals surface area contributed by atoms with Crippen LogP contribution in [0.4, 0.5) is 0 Å². The van der Waals surface area contributed by atoms with Crippen molar-refractivity contribution in [1.29, 1.82) is 0 Å². The van der Waals surface area contributed by atoms with Gasteiger partial charge in [0.25, 0.3) is 0 Å². The molecule has 3 atom stereocenters. The van der Waals surface area contributed by atoms with E-state index in [4.69, 9.17) is 4.74 Å². The highest BCUT2D eigenvalue weighted by Crippen LogP contribution is 2.37. The van der Waals surface area contributed by atoms with Crippen LogP contribution in [0.3, 0.4) is 0 Å². The second kappa shape index (κ2) is 6.48. The number of benzene rings is 1. The number of fused-ring (bicyclic) bond motifs is 1. The summed E-state index contributed by atoms with van der Waals surface area (Å²) in [7, 11) is 1.68. The van der Waals surface area contributed by atoms with Crippen molar-refractivity contribution in [2.45, 2.75) is 31.7 Å². The van der Waals surface area contributed by atoms with E-state index in [1.807, 2.05) is 24.3 Å². The van der Waals surface area contributed by atoms with Crippen LogP contribution in [0.1, 0.15) is 24.8 Å². The van der Waals surface area contributed by atoms with Crippen molar-refractivity contribution in [3.8, 4) is 5.75 Å². The van der Waals surface area contributed by atoms with E-state index < -0.39 is 0 Å². The average molecular weight is 288 g/mol. The van der Waals surface area contributed by atoms with E-state index in [0.717, 1.165) is 30.2 Å². The third-order valence-corrected chi connectivity index (χ3v) is 4.91. The Bertz CT molecular complexity index is 503. The van der Waals surface area contributed by atoms with Gasteiger partial charge in [0.2, 0.25) is 5.91 Å². The van der Waals surface area contributed by atoms with E-state index in [0.29, 0.717) is 12.5 Å². The maximum absolute atomic E-state index is 12.3. The van der Waals surface area contributed by atoms with Crippen molar-refractivity contribution in [2.75, 3.05) is 20.2 Å². The fourth-order valence-electron chi connectivity index (χ4n) is 3.81. The second-order valence-corrected chi connectivity index (χ2v) is 6.09. The molecule has 1 amide bonds. The highest BCUT2D eigenvalue weighted by atomic mass is 16.5. The monoisotopic (exact) mass is 288 g/mol. The number of para-hydroxylation sites is 1. The maximum atomic E-state index is 12.3. The molecule has 114 valence electrons. The smallest absolute Gasteiger partial charge is 0.237 e. The molecular weight excluding hydrogens is 264 g/mol. The molecular formula is C17H24N2O2. The van der Waals surface area contributed by atoms with Crippen LogP contribution in [0.15, 0.2) is 24.3 Å². The molecule has 1 aromatic rings. The molecule has 4 heteroatoms. The SMILES string of the molecule is COc1ccccc1CCNC(=O)C1NCC2CCCC21. The van der Waals surface area contributed by atoms with Gasteiger partial charge in [0.15, 0.2) is 0 Å². The standard InChI is InChI=1S/C17H24N2O2/c1-21-15-8-3-2-5-12(15)9-10-18-17(20)16-14-7-4-6-13(14)11-19-16/h2-3,5,8,13-14,16,19H,4,6-7,9-11H2,1H3,(H,18,20). The third-order valence-electron chi connectivity index (χ3n) is 4.91. The van der Waals surface area contributed by atoms with Crippen molar-refractivity contribution in [3.63, 3.8) is 0 Å². The summed E-state index contributed by atoms with van der Waals surface area (Å²) in [6, 6.07) is 7.99. The number of ether oxygens (including phenoxy) is 1. The Morgan fingerprint density at radius 1 is 1.38 bits per heavy atom. The van der Waals surface area contributed by atoms with Crippen LogP contribution < -0.4 is 15.4 Å². The maximum Gasteiger partial charge on any atom is 0.237 e. The molecule has 0 radical (unpaired) electrons. The molecule has 0 bridgehead atoms. The minimum Gasteiger partial charge on any atom is -0.496 e. The quantitative estimate of drug-likeness (QED) is 0.868. The van der Waals surface area contributed by atoms with E-state index in [1.165, 1.54) is 19.3 Å². The molecule has 4 nitrogen and oxygen atoms in total. The van der Waals surface area contributed by atoms with E-state index >= 15 is 0 Å². The van der Waals surface area contributed by atoms with Gasteiger partial charge in [-0.1, -0.05) is 24.6 Å². The summed E-state index contributed by atoms with van der Waals surface area (Å²) in [6.07, 6.45) is 4.56. The van der Waals surface area contributed by atoms with Gasteiger partial charge in [-0.05, 0) is 49.3 Å². The number of nitrogens with one attached hydrogen (secondary N) is 2. The number of rotatable bonds is 5. The Labute approximate surface area is 126 Å². The van der Waals surface area contributed by atoms with Gasteiger partial charge in [-0.25, -0.2) is 0 Å². The number of hydrogen-bond acceptors (Lipinski definition) is 3. The molecule has 1 heterocycles. The lowest BCUT2D eigenvalue weighted by atomic mass is 9.93. The fourth-order valence-corrected chi connectivity index (χ4v) is 3.81. The summed E-state index contributed by atoms with van der Waals surface area (Å²) in [6.45, 7) is 1.67. The van der Waals surface area contributed by atoms with Crippen molar-refractivity contribution < 1.29 is 9.53 Å². The van der Waals surface area contributed by atoms with E-state index in [1.54, 1.807) is 7.11 Å². The molecule has 1 aromatic carbocycles. The Kier molecular flexibility index (Phi) is 4.44. The Morgan fingerprint density at radius 2 is 2.24 bits per heavy atom. The lowest BCUT2D eigenvalue weighted by Gasteiger charge is -2.18. The molecule has 1 saturated heterocycles. The molecule has 2 fully saturated rings. The molecule has 2 aliphatic rings. The molecule has 1 aliphatic heterocycles. The lowest BCUT2D eigenvalue weighted by molar-refractivity contribution is -0.123. The van der Waals surface area contributed by atoms with Crippen LogP contribution >= 0.6 is 0 Å². The first-order valence-electron chi connectivity index (χ1n) is 7.92. The summed E-state index contributed by atoms with van der Waals surface area (Å²) in [5, 5.41) is 6.47. The van der Waals surface area contributed by atoms with Gasteiger partial charge < -0.3 is 15.4 Å². The van der Waals surface area contributed by atoms with Crippen LogP contribution in [-0.4, -0.2) is 32.1 Å². The van der Waals surface area contributed by atoms with Crippen LogP contribution in [0.25, 0.3) is 0 Å². The molecule has 0 aromatic heterocycles. The zero-order valence-corrected chi connectivity index (χ0v) is 12.6. The number of carbonyl (C=O) groups is 1. The van der Waals surface area contributed by atoms with Gasteiger partial charge in [0.05, 0.1) is 13.2 Å². The number of hydrogen-bond donors (Lipinski definition) is 2. The number of carbonyl (C=O) groups excluding carboxylic acids is 1. The molecule has 0 spiro atoms. The number of methoxy groups -OCH3 is 1. The minimum atomic E-state index is 0.0233. The van der Waals surface area contributed by atoms with Crippen LogP contribution in [0, 0.1) is 11.8 Å². The van der Waals surface area contributed by atoms with Crippen molar-refractivity contribution in [2.24, 2.45) is 11.8 Å².